The number of nitrogens with one attached hydrogen (secondary N) is 1. The number of anilines is 2. The fourth-order valence-corrected chi connectivity index (χ4v) is 3.50. The van der Waals surface area contributed by atoms with Crippen LogP contribution in [-0.2, 0) is 16.4 Å². The molecule has 0 spiro atoms. The molecular formula is C16H20N2O2S. The molecule has 0 saturated heterocycles. The molecule has 0 amide bonds. The molecule has 0 atom stereocenters. The van der Waals surface area contributed by atoms with Gasteiger partial charge >= 0.3 is 0 Å². The Hall–Kier alpha value is -2.01. The lowest BCUT2D eigenvalue weighted by molar-refractivity contribution is 0.600. The second-order valence-electron chi connectivity index (χ2n) is 5.19. The summed E-state index contributed by atoms with van der Waals surface area (Å²) in [7, 11) is -3.38. The van der Waals surface area contributed by atoms with E-state index in [1.165, 1.54) is 0 Å². The van der Waals surface area contributed by atoms with Gasteiger partial charge in [0, 0.05) is 5.69 Å². The summed E-state index contributed by atoms with van der Waals surface area (Å²) >= 11 is 0. The number of aryl methyl sites for hydroxylation is 3. The van der Waals surface area contributed by atoms with Gasteiger partial charge in [0.25, 0.3) is 0 Å². The van der Waals surface area contributed by atoms with Crippen LogP contribution < -0.4 is 10.5 Å². The summed E-state index contributed by atoms with van der Waals surface area (Å²) in [6, 6.07) is 13.1. The van der Waals surface area contributed by atoms with E-state index < -0.39 is 10.0 Å². The van der Waals surface area contributed by atoms with Crippen molar-refractivity contribution in [1.82, 2.24) is 0 Å². The van der Waals surface area contributed by atoms with Crippen molar-refractivity contribution in [2.75, 3.05) is 16.2 Å². The van der Waals surface area contributed by atoms with Gasteiger partial charge in [0.1, 0.15) is 0 Å². The van der Waals surface area contributed by atoms with Crippen LogP contribution in [0.2, 0.25) is 0 Å². The maximum atomic E-state index is 12.2. The average molecular weight is 304 g/mol. The quantitative estimate of drug-likeness (QED) is 0.834. The number of sulfonamides is 1. The Labute approximate surface area is 126 Å². The zero-order valence-electron chi connectivity index (χ0n) is 12.3. The summed E-state index contributed by atoms with van der Waals surface area (Å²) < 4.78 is 27.1. The smallest absolute Gasteiger partial charge is 0.233 e. The molecule has 2 aromatic rings. The Kier molecular flexibility index (Phi) is 4.53. The van der Waals surface area contributed by atoms with Gasteiger partial charge in [-0.2, -0.15) is 0 Å². The van der Waals surface area contributed by atoms with Gasteiger partial charge in [-0.25, -0.2) is 8.42 Å². The maximum Gasteiger partial charge on any atom is 0.233 e. The van der Waals surface area contributed by atoms with Crippen molar-refractivity contribution in [3.63, 3.8) is 0 Å². The maximum absolute atomic E-state index is 12.2. The number of nitrogens with two attached hydrogens (primary N) is 1. The molecule has 0 unspecified atom stereocenters. The first kappa shape index (κ1) is 15.4. The van der Waals surface area contributed by atoms with Crippen molar-refractivity contribution >= 4 is 21.4 Å². The molecule has 4 nitrogen and oxygen atoms in total. The third-order valence-corrected chi connectivity index (χ3v) is 4.57. The van der Waals surface area contributed by atoms with Gasteiger partial charge in [-0.05, 0) is 49.1 Å². The first-order valence-corrected chi connectivity index (χ1v) is 8.44. The van der Waals surface area contributed by atoms with E-state index in [0.717, 1.165) is 16.7 Å². The van der Waals surface area contributed by atoms with Crippen LogP contribution in [-0.4, -0.2) is 14.2 Å². The van der Waals surface area contributed by atoms with E-state index >= 15 is 0 Å². The van der Waals surface area contributed by atoms with Gasteiger partial charge in [-0.3, -0.25) is 4.72 Å². The number of rotatable bonds is 5. The van der Waals surface area contributed by atoms with Gasteiger partial charge in [-0.15, -0.1) is 0 Å². The standard InChI is InChI=1S/C16H20N2O2S/c1-12-10-15(17)11-13(2)16(12)18-21(19,20)9-8-14-6-4-3-5-7-14/h3-7,10-11,18H,8-9,17H2,1-2H3. The SMILES string of the molecule is Cc1cc(N)cc(C)c1NS(=O)(=O)CCc1ccccc1. The summed E-state index contributed by atoms with van der Waals surface area (Å²) in [5, 5.41) is 0. The lowest BCUT2D eigenvalue weighted by Crippen LogP contribution is -2.19. The zero-order chi connectivity index (χ0) is 15.5. The summed E-state index contributed by atoms with van der Waals surface area (Å²) in [6.45, 7) is 3.69. The summed E-state index contributed by atoms with van der Waals surface area (Å²) in [5.74, 6) is 0.0558. The lowest BCUT2D eigenvalue weighted by Gasteiger charge is -2.14. The van der Waals surface area contributed by atoms with E-state index in [4.69, 9.17) is 5.73 Å². The van der Waals surface area contributed by atoms with E-state index in [1.807, 2.05) is 44.2 Å². The van der Waals surface area contributed by atoms with Crippen molar-refractivity contribution in [1.29, 1.82) is 0 Å². The highest BCUT2D eigenvalue weighted by molar-refractivity contribution is 7.92. The minimum atomic E-state index is -3.38. The van der Waals surface area contributed by atoms with Gasteiger partial charge in [0.05, 0.1) is 11.4 Å². The highest BCUT2D eigenvalue weighted by atomic mass is 32.2. The predicted octanol–water partition coefficient (Wildman–Crippen LogP) is 2.87. The van der Waals surface area contributed by atoms with Crippen molar-refractivity contribution in [2.24, 2.45) is 0 Å². The molecule has 2 aromatic carbocycles. The van der Waals surface area contributed by atoms with E-state index in [0.29, 0.717) is 17.8 Å². The molecule has 0 saturated carbocycles. The second kappa shape index (κ2) is 6.18. The molecular weight excluding hydrogens is 284 g/mol. The van der Waals surface area contributed by atoms with Gasteiger partial charge < -0.3 is 5.73 Å². The van der Waals surface area contributed by atoms with E-state index in [2.05, 4.69) is 4.72 Å². The average Bonchev–Trinajstić information content (AvgIpc) is 2.42. The normalized spacial score (nSPS) is 11.3. The molecule has 0 aliphatic rings. The number of benzene rings is 2. The lowest BCUT2D eigenvalue weighted by atomic mass is 10.1. The molecule has 0 bridgehead atoms. The van der Waals surface area contributed by atoms with Crippen LogP contribution in [0.25, 0.3) is 0 Å². The molecule has 3 N–H and O–H groups in total. The van der Waals surface area contributed by atoms with Crippen molar-refractivity contribution in [3.05, 3.63) is 59.2 Å². The van der Waals surface area contributed by atoms with E-state index in [-0.39, 0.29) is 5.75 Å². The molecule has 5 heteroatoms. The van der Waals surface area contributed by atoms with Crippen LogP contribution in [0, 0.1) is 13.8 Å². The molecule has 0 radical (unpaired) electrons. The monoisotopic (exact) mass is 304 g/mol. The largest absolute Gasteiger partial charge is 0.399 e. The molecule has 112 valence electrons. The van der Waals surface area contributed by atoms with Crippen molar-refractivity contribution in [2.45, 2.75) is 20.3 Å². The van der Waals surface area contributed by atoms with Crippen LogP contribution in [0.5, 0.6) is 0 Å². The van der Waals surface area contributed by atoms with E-state index in [1.54, 1.807) is 12.1 Å². The molecule has 0 heterocycles. The Morgan fingerprint density at radius 1 is 1.05 bits per heavy atom. The topological polar surface area (TPSA) is 72.2 Å². The first-order valence-electron chi connectivity index (χ1n) is 6.78. The fourth-order valence-electron chi connectivity index (χ4n) is 2.26. The van der Waals surface area contributed by atoms with Crippen LogP contribution in [0.1, 0.15) is 16.7 Å². The minimum Gasteiger partial charge on any atom is -0.399 e. The predicted molar refractivity (Wildman–Crippen MR) is 87.9 cm³/mol. The zero-order valence-corrected chi connectivity index (χ0v) is 13.1. The first-order chi connectivity index (χ1) is 9.87. The summed E-state index contributed by atoms with van der Waals surface area (Å²) in [6.07, 6.45) is 0.489. The van der Waals surface area contributed by atoms with Crippen molar-refractivity contribution in [3.8, 4) is 0 Å². The number of hydrogen-bond acceptors (Lipinski definition) is 3. The Balaban J connectivity index is 2.11. The van der Waals surface area contributed by atoms with Crippen molar-refractivity contribution < 1.29 is 8.42 Å². The van der Waals surface area contributed by atoms with Crippen LogP contribution >= 0.6 is 0 Å². The molecule has 0 aromatic heterocycles. The third kappa shape index (κ3) is 4.23. The molecule has 0 aliphatic carbocycles. The summed E-state index contributed by atoms with van der Waals surface area (Å²) in [5.41, 5.74) is 9.68. The summed E-state index contributed by atoms with van der Waals surface area (Å²) in [4.78, 5) is 0. The highest BCUT2D eigenvalue weighted by Gasteiger charge is 2.14. The van der Waals surface area contributed by atoms with Crippen LogP contribution in [0.3, 0.4) is 0 Å². The molecule has 2 rings (SSSR count). The fraction of sp³-hybridized carbons (Fsp3) is 0.250. The highest BCUT2D eigenvalue weighted by Crippen LogP contribution is 2.24. The number of nitrogen functional groups attached to an aromatic ring is 1. The van der Waals surface area contributed by atoms with E-state index in [9.17, 15) is 8.42 Å². The Bertz CT molecular complexity index is 702. The Morgan fingerprint density at radius 2 is 1.62 bits per heavy atom. The van der Waals surface area contributed by atoms with Crippen LogP contribution in [0.4, 0.5) is 11.4 Å². The molecule has 0 aliphatic heterocycles. The second-order valence-corrected chi connectivity index (χ2v) is 7.03. The molecule has 21 heavy (non-hydrogen) atoms. The van der Waals surface area contributed by atoms with Gasteiger partial charge in [-0.1, -0.05) is 30.3 Å². The van der Waals surface area contributed by atoms with Crippen LogP contribution in [0.15, 0.2) is 42.5 Å². The van der Waals surface area contributed by atoms with Gasteiger partial charge in [0.2, 0.25) is 10.0 Å². The van der Waals surface area contributed by atoms with Gasteiger partial charge in [0.15, 0.2) is 0 Å². The minimum absolute atomic E-state index is 0.0558. The number of hydrogen-bond donors (Lipinski definition) is 2. The molecule has 0 fully saturated rings. The third-order valence-electron chi connectivity index (χ3n) is 3.31. The Morgan fingerprint density at radius 3 is 2.19 bits per heavy atom.